The van der Waals surface area contributed by atoms with Crippen molar-refractivity contribution < 1.29 is 4.74 Å². The summed E-state index contributed by atoms with van der Waals surface area (Å²) in [6.07, 6.45) is 10.6. The Balaban J connectivity index is 1.37. The number of morpholine rings is 1. The molecule has 0 aromatic carbocycles. The van der Waals surface area contributed by atoms with Crippen LogP contribution in [0.2, 0.25) is 5.02 Å². The predicted octanol–water partition coefficient (Wildman–Crippen LogP) is 1.79. The van der Waals surface area contributed by atoms with E-state index in [0.29, 0.717) is 11.6 Å². The van der Waals surface area contributed by atoms with Gasteiger partial charge in [-0.05, 0) is 12.8 Å². The zero-order chi connectivity index (χ0) is 17.1. The zero-order valence-corrected chi connectivity index (χ0v) is 14.8. The van der Waals surface area contributed by atoms with Crippen molar-refractivity contribution in [2.24, 2.45) is 0 Å². The third-order valence-corrected chi connectivity index (χ3v) is 5.12. The number of nitrogens with zero attached hydrogens (tertiary/aromatic N) is 6. The van der Waals surface area contributed by atoms with Crippen molar-refractivity contribution in [3.63, 3.8) is 0 Å². The second-order valence-electron chi connectivity index (χ2n) is 6.68. The van der Waals surface area contributed by atoms with Crippen LogP contribution in [0.15, 0.2) is 31.1 Å². The van der Waals surface area contributed by atoms with Crippen LogP contribution in [0.4, 0.5) is 5.95 Å². The molecule has 7 nitrogen and oxygen atoms in total. The summed E-state index contributed by atoms with van der Waals surface area (Å²) < 4.78 is 6.21. The van der Waals surface area contributed by atoms with E-state index in [2.05, 4.69) is 29.7 Å². The first-order chi connectivity index (χ1) is 12.2. The van der Waals surface area contributed by atoms with Crippen LogP contribution < -0.4 is 4.90 Å². The van der Waals surface area contributed by atoms with Gasteiger partial charge in [-0.3, -0.25) is 4.90 Å². The molecule has 4 heterocycles. The largest absolute Gasteiger partial charge is 0.371 e. The van der Waals surface area contributed by atoms with Gasteiger partial charge in [0.25, 0.3) is 0 Å². The van der Waals surface area contributed by atoms with Gasteiger partial charge in [0.2, 0.25) is 5.95 Å². The standard InChI is InChI=1S/C17H21ClN6O/c18-15-9-21-16(22-10-15)24-5-6-25-17(12-24)1-3-23(4-2-17)11-14-7-19-13-20-8-14/h7-10,13H,1-6,11-12H2. The lowest BCUT2D eigenvalue weighted by atomic mass is 9.89. The summed E-state index contributed by atoms with van der Waals surface area (Å²) >= 11 is 5.89. The molecule has 0 bridgehead atoms. The van der Waals surface area contributed by atoms with Crippen LogP contribution in [0.3, 0.4) is 0 Å². The van der Waals surface area contributed by atoms with Crippen molar-refractivity contribution in [2.75, 3.05) is 37.7 Å². The van der Waals surface area contributed by atoms with Crippen LogP contribution in [-0.2, 0) is 11.3 Å². The van der Waals surface area contributed by atoms with E-state index >= 15 is 0 Å². The van der Waals surface area contributed by atoms with E-state index in [-0.39, 0.29) is 5.60 Å². The molecule has 132 valence electrons. The quantitative estimate of drug-likeness (QED) is 0.826. The average molecular weight is 361 g/mol. The first kappa shape index (κ1) is 16.6. The number of anilines is 1. The minimum Gasteiger partial charge on any atom is -0.371 e. The molecule has 8 heteroatoms. The van der Waals surface area contributed by atoms with Crippen LogP contribution in [0, 0.1) is 0 Å². The fourth-order valence-corrected chi connectivity index (χ4v) is 3.67. The van der Waals surface area contributed by atoms with Crippen LogP contribution in [0.25, 0.3) is 0 Å². The molecule has 2 aliphatic rings. The molecule has 0 aliphatic carbocycles. The number of aromatic nitrogens is 4. The van der Waals surface area contributed by atoms with Crippen LogP contribution in [0.1, 0.15) is 18.4 Å². The molecule has 0 atom stereocenters. The Hall–Kier alpha value is -1.83. The van der Waals surface area contributed by atoms with Crippen LogP contribution in [-0.4, -0.2) is 63.2 Å². The highest BCUT2D eigenvalue weighted by atomic mass is 35.5. The monoisotopic (exact) mass is 360 g/mol. The average Bonchev–Trinajstić information content (AvgIpc) is 2.66. The highest BCUT2D eigenvalue weighted by Crippen LogP contribution is 2.31. The van der Waals surface area contributed by atoms with E-state index in [1.54, 1.807) is 18.7 Å². The molecule has 0 amide bonds. The molecule has 2 aliphatic heterocycles. The molecule has 0 saturated carbocycles. The van der Waals surface area contributed by atoms with E-state index in [1.807, 2.05) is 12.4 Å². The SMILES string of the molecule is Clc1cnc(N2CCOC3(CCN(Cc4cncnc4)CC3)C2)nc1. The van der Waals surface area contributed by atoms with Gasteiger partial charge in [-0.25, -0.2) is 19.9 Å². The van der Waals surface area contributed by atoms with E-state index < -0.39 is 0 Å². The van der Waals surface area contributed by atoms with Gasteiger partial charge in [-0.15, -0.1) is 0 Å². The van der Waals surface area contributed by atoms with Gasteiger partial charge < -0.3 is 9.64 Å². The number of hydrogen-bond donors (Lipinski definition) is 0. The Kier molecular flexibility index (Phi) is 4.78. The smallest absolute Gasteiger partial charge is 0.225 e. The number of hydrogen-bond acceptors (Lipinski definition) is 7. The van der Waals surface area contributed by atoms with E-state index in [9.17, 15) is 0 Å². The Bertz CT molecular complexity index is 690. The molecule has 25 heavy (non-hydrogen) atoms. The number of rotatable bonds is 3. The summed E-state index contributed by atoms with van der Waals surface area (Å²) in [7, 11) is 0. The van der Waals surface area contributed by atoms with Crippen molar-refractivity contribution in [1.29, 1.82) is 0 Å². The third-order valence-electron chi connectivity index (χ3n) is 4.93. The summed E-state index contributed by atoms with van der Waals surface area (Å²) in [6.45, 7) is 5.25. The highest BCUT2D eigenvalue weighted by Gasteiger charge is 2.40. The summed E-state index contributed by atoms with van der Waals surface area (Å²) in [5, 5.41) is 0.560. The van der Waals surface area contributed by atoms with Crippen molar-refractivity contribution in [3.05, 3.63) is 41.7 Å². The molecular weight excluding hydrogens is 340 g/mol. The maximum atomic E-state index is 6.21. The lowest BCUT2D eigenvalue weighted by molar-refractivity contribution is -0.0924. The Morgan fingerprint density at radius 2 is 1.76 bits per heavy atom. The second-order valence-corrected chi connectivity index (χ2v) is 7.11. The lowest BCUT2D eigenvalue weighted by Crippen LogP contribution is -2.57. The van der Waals surface area contributed by atoms with Crippen molar-refractivity contribution in [3.8, 4) is 0 Å². The topological polar surface area (TPSA) is 67.3 Å². The maximum absolute atomic E-state index is 6.21. The molecule has 2 aromatic rings. The predicted molar refractivity (Wildman–Crippen MR) is 94.5 cm³/mol. The Morgan fingerprint density at radius 3 is 2.48 bits per heavy atom. The van der Waals surface area contributed by atoms with Gasteiger partial charge in [0.05, 0.1) is 36.2 Å². The highest BCUT2D eigenvalue weighted by molar-refractivity contribution is 6.30. The van der Waals surface area contributed by atoms with Crippen molar-refractivity contribution in [1.82, 2.24) is 24.8 Å². The molecule has 2 saturated heterocycles. The lowest BCUT2D eigenvalue weighted by Gasteiger charge is -2.47. The van der Waals surface area contributed by atoms with E-state index in [4.69, 9.17) is 16.3 Å². The molecule has 2 aromatic heterocycles. The minimum absolute atomic E-state index is 0.106. The Labute approximate surface area is 152 Å². The van der Waals surface area contributed by atoms with Gasteiger partial charge in [0.15, 0.2) is 0 Å². The minimum atomic E-state index is -0.106. The Morgan fingerprint density at radius 1 is 1.04 bits per heavy atom. The summed E-state index contributed by atoms with van der Waals surface area (Å²) in [6, 6.07) is 0. The molecule has 0 N–H and O–H groups in total. The van der Waals surface area contributed by atoms with Gasteiger partial charge in [0, 0.05) is 44.1 Å². The number of halogens is 1. The zero-order valence-electron chi connectivity index (χ0n) is 14.0. The molecule has 0 unspecified atom stereocenters. The first-order valence-electron chi connectivity index (χ1n) is 8.55. The number of likely N-dealkylation sites (tertiary alicyclic amines) is 1. The van der Waals surface area contributed by atoms with E-state index in [1.165, 1.54) is 0 Å². The maximum Gasteiger partial charge on any atom is 0.225 e. The summed E-state index contributed by atoms with van der Waals surface area (Å²) in [5.74, 6) is 0.732. The van der Waals surface area contributed by atoms with Crippen molar-refractivity contribution in [2.45, 2.75) is 25.0 Å². The first-order valence-corrected chi connectivity index (χ1v) is 8.93. The molecule has 2 fully saturated rings. The number of piperidine rings is 1. The van der Waals surface area contributed by atoms with Gasteiger partial charge in [0.1, 0.15) is 6.33 Å². The van der Waals surface area contributed by atoms with Crippen LogP contribution >= 0.6 is 11.6 Å². The van der Waals surface area contributed by atoms with E-state index in [0.717, 1.165) is 57.1 Å². The van der Waals surface area contributed by atoms with Gasteiger partial charge in [-0.1, -0.05) is 11.6 Å². The molecule has 4 rings (SSSR count). The molecule has 1 spiro atoms. The van der Waals surface area contributed by atoms with Crippen molar-refractivity contribution >= 4 is 17.5 Å². The van der Waals surface area contributed by atoms with Gasteiger partial charge in [-0.2, -0.15) is 0 Å². The van der Waals surface area contributed by atoms with Crippen LogP contribution in [0.5, 0.6) is 0 Å². The molecular formula is C17H21ClN6O. The van der Waals surface area contributed by atoms with Gasteiger partial charge >= 0.3 is 0 Å². The summed E-state index contributed by atoms with van der Waals surface area (Å²) in [5.41, 5.74) is 1.05. The second kappa shape index (κ2) is 7.19. The molecule has 0 radical (unpaired) electrons. The number of ether oxygens (including phenoxy) is 1. The fraction of sp³-hybridized carbons (Fsp3) is 0.529. The normalized spacial score (nSPS) is 20.8. The summed E-state index contributed by atoms with van der Waals surface area (Å²) in [4.78, 5) is 21.5. The fourth-order valence-electron chi connectivity index (χ4n) is 3.58. The third kappa shape index (κ3) is 3.89.